The molecule has 3 aliphatic rings. The molecule has 1 spiro atoms. The van der Waals surface area contributed by atoms with Gasteiger partial charge in [-0.05, 0) is 37.0 Å². The maximum atomic E-state index is 14.1. The molecule has 156 valence electrons. The molecule has 2 N–H and O–H groups in total. The number of hydrogen-bond acceptors (Lipinski definition) is 5. The van der Waals surface area contributed by atoms with E-state index in [4.69, 9.17) is 4.74 Å². The fourth-order valence-electron chi connectivity index (χ4n) is 5.13. The first-order chi connectivity index (χ1) is 13.8. The summed E-state index contributed by atoms with van der Waals surface area (Å²) in [5.74, 6) is -2.80. The van der Waals surface area contributed by atoms with Gasteiger partial charge in [0.05, 0.1) is 11.8 Å². The van der Waals surface area contributed by atoms with Crippen molar-refractivity contribution in [1.82, 2.24) is 10.2 Å². The lowest BCUT2D eigenvalue weighted by molar-refractivity contribution is -0.143. The first-order valence-corrected chi connectivity index (χ1v) is 10.0. The summed E-state index contributed by atoms with van der Waals surface area (Å²) in [5, 5.41) is 6.09. The van der Waals surface area contributed by atoms with Crippen LogP contribution in [0, 0.1) is 23.6 Å². The van der Waals surface area contributed by atoms with E-state index in [0.717, 1.165) is 0 Å². The second-order valence-electron chi connectivity index (χ2n) is 8.51. The highest BCUT2D eigenvalue weighted by Gasteiger charge is 2.70. The van der Waals surface area contributed by atoms with E-state index in [2.05, 4.69) is 10.6 Å². The molecule has 3 heterocycles. The van der Waals surface area contributed by atoms with Crippen molar-refractivity contribution in [3.05, 3.63) is 29.6 Å². The highest BCUT2D eigenvalue weighted by atomic mass is 19.1. The Morgan fingerprint density at radius 3 is 2.69 bits per heavy atom. The number of anilines is 1. The molecule has 3 aliphatic heterocycles. The van der Waals surface area contributed by atoms with Gasteiger partial charge in [0.15, 0.2) is 0 Å². The van der Waals surface area contributed by atoms with Crippen molar-refractivity contribution in [2.75, 3.05) is 25.6 Å². The number of rotatable bonds is 6. The fraction of sp³-hybridized carbons (Fsp3) is 0.571. The molecule has 2 saturated heterocycles. The third kappa shape index (κ3) is 2.88. The van der Waals surface area contributed by atoms with Crippen LogP contribution in [0.25, 0.3) is 0 Å². The standard InChI is InChI=1S/C21H26FN3O4/c1-11(2)9-15-16-17(19(27)25(18(16)26)7-4-8-29-3)21(24-15)13-10-12(22)5-6-14(13)23-20(21)28/h5-6,10-11,15-17,24H,4,7-9H2,1-3H3,(H,23,28)/t15-,16+,17-,21-/m0/s1. The van der Waals surface area contributed by atoms with E-state index >= 15 is 0 Å². The molecule has 0 bridgehead atoms. The fourth-order valence-corrected chi connectivity index (χ4v) is 5.13. The number of imide groups is 1. The predicted molar refractivity (Wildman–Crippen MR) is 103 cm³/mol. The third-order valence-electron chi connectivity index (χ3n) is 6.22. The second kappa shape index (κ2) is 7.18. The molecule has 1 aromatic rings. The summed E-state index contributed by atoms with van der Waals surface area (Å²) in [7, 11) is 1.56. The molecule has 2 fully saturated rings. The number of hydrogen-bond donors (Lipinski definition) is 2. The molecule has 0 radical (unpaired) electrons. The summed E-state index contributed by atoms with van der Waals surface area (Å²) < 4.78 is 19.1. The minimum Gasteiger partial charge on any atom is -0.385 e. The van der Waals surface area contributed by atoms with Crippen LogP contribution in [0.1, 0.15) is 32.3 Å². The molecular weight excluding hydrogens is 377 g/mol. The molecule has 4 atom stereocenters. The summed E-state index contributed by atoms with van der Waals surface area (Å²) >= 11 is 0. The highest BCUT2D eigenvalue weighted by Crippen LogP contribution is 2.53. The number of carbonyl (C=O) groups excluding carboxylic acids is 3. The SMILES string of the molecule is COCCCN1C(=O)[C@@H]2[C@H](CC(C)C)N[C@]3(C(=O)Nc4ccc(F)cc43)[C@@H]2C1=O. The summed E-state index contributed by atoms with van der Waals surface area (Å²) in [5.41, 5.74) is -0.542. The Labute approximate surface area is 169 Å². The van der Waals surface area contributed by atoms with Gasteiger partial charge < -0.3 is 10.1 Å². The first-order valence-electron chi connectivity index (χ1n) is 10.0. The van der Waals surface area contributed by atoms with Gasteiger partial charge in [0.25, 0.3) is 0 Å². The number of methoxy groups -OCH3 is 1. The monoisotopic (exact) mass is 403 g/mol. The van der Waals surface area contributed by atoms with Gasteiger partial charge in [0, 0.05) is 37.6 Å². The van der Waals surface area contributed by atoms with Gasteiger partial charge in [-0.3, -0.25) is 24.6 Å². The molecule has 8 heteroatoms. The van der Waals surface area contributed by atoms with Crippen LogP contribution in [-0.2, 0) is 24.7 Å². The van der Waals surface area contributed by atoms with Crippen LogP contribution in [0.2, 0.25) is 0 Å². The number of nitrogens with one attached hydrogen (secondary N) is 2. The average Bonchev–Trinajstić information content (AvgIpc) is 3.22. The van der Waals surface area contributed by atoms with Crippen molar-refractivity contribution in [3.8, 4) is 0 Å². The van der Waals surface area contributed by atoms with Gasteiger partial charge >= 0.3 is 0 Å². The minimum atomic E-state index is -1.43. The molecule has 0 unspecified atom stereocenters. The van der Waals surface area contributed by atoms with Crippen molar-refractivity contribution in [1.29, 1.82) is 0 Å². The van der Waals surface area contributed by atoms with Crippen molar-refractivity contribution in [2.24, 2.45) is 17.8 Å². The molecule has 3 amide bonds. The summed E-state index contributed by atoms with van der Waals surface area (Å²) in [6.45, 7) is 4.74. The van der Waals surface area contributed by atoms with Gasteiger partial charge in [-0.15, -0.1) is 0 Å². The maximum Gasteiger partial charge on any atom is 0.250 e. The van der Waals surface area contributed by atoms with Crippen molar-refractivity contribution in [2.45, 2.75) is 38.3 Å². The molecule has 0 saturated carbocycles. The largest absolute Gasteiger partial charge is 0.385 e. The molecule has 0 aromatic heterocycles. The van der Waals surface area contributed by atoms with E-state index in [-0.39, 0.29) is 30.3 Å². The van der Waals surface area contributed by atoms with Crippen LogP contribution in [0.5, 0.6) is 0 Å². The zero-order chi connectivity index (χ0) is 20.9. The molecule has 29 heavy (non-hydrogen) atoms. The van der Waals surface area contributed by atoms with Crippen LogP contribution in [0.15, 0.2) is 18.2 Å². The van der Waals surface area contributed by atoms with Crippen LogP contribution in [0.4, 0.5) is 10.1 Å². The van der Waals surface area contributed by atoms with E-state index in [1.165, 1.54) is 23.1 Å². The first kappa shape index (κ1) is 20.0. The molecule has 4 rings (SSSR count). The van der Waals surface area contributed by atoms with Gasteiger partial charge in [-0.2, -0.15) is 0 Å². The smallest absolute Gasteiger partial charge is 0.250 e. The number of benzene rings is 1. The summed E-state index contributed by atoms with van der Waals surface area (Å²) in [6, 6.07) is 3.72. The Bertz CT molecular complexity index is 873. The summed E-state index contributed by atoms with van der Waals surface area (Å²) in [6.07, 6.45) is 1.16. The Morgan fingerprint density at radius 2 is 2.00 bits per heavy atom. The van der Waals surface area contributed by atoms with Crippen LogP contribution in [-0.4, -0.2) is 48.9 Å². The van der Waals surface area contributed by atoms with E-state index in [9.17, 15) is 18.8 Å². The topological polar surface area (TPSA) is 87.7 Å². The van der Waals surface area contributed by atoms with Gasteiger partial charge in [0.2, 0.25) is 17.7 Å². The minimum absolute atomic E-state index is 0.251. The predicted octanol–water partition coefficient (Wildman–Crippen LogP) is 1.63. The second-order valence-corrected chi connectivity index (χ2v) is 8.51. The lowest BCUT2D eigenvalue weighted by Crippen LogP contribution is -2.53. The van der Waals surface area contributed by atoms with Crippen LogP contribution in [0.3, 0.4) is 0 Å². The Kier molecular flexibility index (Phi) is 4.94. The number of ether oxygens (including phenoxy) is 1. The molecule has 7 nitrogen and oxygen atoms in total. The maximum absolute atomic E-state index is 14.1. The third-order valence-corrected chi connectivity index (χ3v) is 6.22. The Morgan fingerprint density at radius 1 is 1.24 bits per heavy atom. The van der Waals surface area contributed by atoms with E-state index < -0.39 is 29.1 Å². The quantitative estimate of drug-likeness (QED) is 0.557. The highest BCUT2D eigenvalue weighted by molar-refractivity contribution is 6.15. The number of likely N-dealkylation sites (tertiary alicyclic amines) is 1. The van der Waals surface area contributed by atoms with E-state index in [0.29, 0.717) is 30.7 Å². The Hall–Kier alpha value is -2.32. The Balaban J connectivity index is 1.79. The van der Waals surface area contributed by atoms with Crippen molar-refractivity contribution >= 4 is 23.4 Å². The van der Waals surface area contributed by atoms with Gasteiger partial charge in [-0.1, -0.05) is 13.8 Å². The van der Waals surface area contributed by atoms with Crippen LogP contribution < -0.4 is 10.6 Å². The zero-order valence-corrected chi connectivity index (χ0v) is 16.8. The lowest BCUT2D eigenvalue weighted by atomic mass is 9.76. The number of carbonyl (C=O) groups is 3. The number of nitrogens with zero attached hydrogens (tertiary/aromatic N) is 1. The number of fused-ring (bicyclic) bond motifs is 4. The molecule has 0 aliphatic carbocycles. The molecule has 1 aromatic carbocycles. The van der Waals surface area contributed by atoms with E-state index in [1.54, 1.807) is 7.11 Å². The summed E-state index contributed by atoms with van der Waals surface area (Å²) in [4.78, 5) is 41.0. The van der Waals surface area contributed by atoms with Crippen LogP contribution >= 0.6 is 0 Å². The number of amides is 3. The van der Waals surface area contributed by atoms with Crippen molar-refractivity contribution < 1.29 is 23.5 Å². The number of halogens is 1. The van der Waals surface area contributed by atoms with Crippen molar-refractivity contribution in [3.63, 3.8) is 0 Å². The van der Waals surface area contributed by atoms with Gasteiger partial charge in [-0.25, -0.2) is 4.39 Å². The normalized spacial score (nSPS) is 30.4. The average molecular weight is 403 g/mol. The zero-order valence-electron chi connectivity index (χ0n) is 16.8. The van der Waals surface area contributed by atoms with E-state index in [1.807, 2.05) is 13.8 Å². The lowest BCUT2D eigenvalue weighted by Gasteiger charge is -2.29. The molecular formula is C21H26FN3O4. The van der Waals surface area contributed by atoms with Gasteiger partial charge in [0.1, 0.15) is 11.4 Å².